The van der Waals surface area contributed by atoms with E-state index < -0.39 is 6.10 Å². The zero-order valence-corrected chi connectivity index (χ0v) is 20.7. The molecule has 5 nitrogen and oxygen atoms in total. The van der Waals surface area contributed by atoms with Gasteiger partial charge in [0, 0.05) is 23.7 Å². The van der Waals surface area contributed by atoms with Crippen molar-refractivity contribution >= 4 is 10.8 Å². The van der Waals surface area contributed by atoms with Crippen LogP contribution in [0.5, 0.6) is 11.5 Å². The zero-order chi connectivity index (χ0) is 24.1. The molecule has 3 aromatic carbocycles. The van der Waals surface area contributed by atoms with E-state index in [0.717, 1.165) is 36.3 Å². The van der Waals surface area contributed by atoms with Gasteiger partial charge in [0.2, 0.25) is 0 Å². The Morgan fingerprint density at radius 2 is 1.74 bits per heavy atom. The predicted molar refractivity (Wildman–Crippen MR) is 137 cm³/mol. The minimum absolute atomic E-state index is 0.0823. The molecule has 1 aliphatic rings. The van der Waals surface area contributed by atoms with Gasteiger partial charge in [-0.25, -0.2) is 0 Å². The second-order valence-corrected chi connectivity index (χ2v) is 9.98. The number of aliphatic hydroxyl groups excluding tert-OH is 1. The lowest BCUT2D eigenvalue weighted by molar-refractivity contribution is -0.0219. The average Bonchev–Trinajstić information content (AvgIpc) is 3.68. The molecule has 0 heterocycles. The molecule has 2 atom stereocenters. The maximum atomic E-state index is 10.7. The summed E-state index contributed by atoms with van der Waals surface area (Å²) < 4.78 is 17.2. The summed E-state index contributed by atoms with van der Waals surface area (Å²) in [4.78, 5) is 0. The molecule has 1 aliphatic carbocycles. The van der Waals surface area contributed by atoms with E-state index in [1.54, 1.807) is 14.2 Å². The first-order chi connectivity index (χ1) is 16.4. The first-order valence-electron chi connectivity index (χ1n) is 12.1. The molecule has 0 radical (unpaired) electrons. The van der Waals surface area contributed by atoms with Crippen molar-refractivity contribution in [1.82, 2.24) is 5.32 Å². The van der Waals surface area contributed by atoms with Gasteiger partial charge in [0.1, 0.15) is 11.5 Å². The number of ether oxygens (including phenoxy) is 3. The number of methoxy groups -OCH3 is 2. The number of rotatable bonds is 12. The van der Waals surface area contributed by atoms with Crippen LogP contribution >= 0.6 is 0 Å². The lowest BCUT2D eigenvalue weighted by Gasteiger charge is -2.29. The summed E-state index contributed by atoms with van der Waals surface area (Å²) in [6.45, 7) is 5.09. The summed E-state index contributed by atoms with van der Waals surface area (Å²) in [5.74, 6) is 1.99. The largest absolute Gasteiger partial charge is 0.497 e. The zero-order valence-electron chi connectivity index (χ0n) is 20.7. The molecule has 0 saturated heterocycles. The van der Waals surface area contributed by atoms with Crippen LogP contribution in [0.15, 0.2) is 60.7 Å². The van der Waals surface area contributed by atoms with Gasteiger partial charge in [0.25, 0.3) is 0 Å². The summed E-state index contributed by atoms with van der Waals surface area (Å²) in [7, 11) is 3.31. The highest BCUT2D eigenvalue weighted by Crippen LogP contribution is 2.46. The van der Waals surface area contributed by atoms with Crippen LogP contribution in [0.25, 0.3) is 10.8 Å². The molecule has 0 amide bonds. The lowest BCUT2D eigenvalue weighted by Crippen LogP contribution is -2.46. The minimum atomic E-state index is -0.596. The molecule has 0 aromatic heterocycles. The maximum Gasteiger partial charge on any atom is 0.128 e. The van der Waals surface area contributed by atoms with E-state index in [2.05, 4.69) is 61.6 Å². The molecule has 2 unspecified atom stereocenters. The third-order valence-electron chi connectivity index (χ3n) is 6.54. The number of benzene rings is 3. The fourth-order valence-electron chi connectivity index (χ4n) is 4.52. The molecule has 5 heteroatoms. The SMILES string of the molecule is COc1ccc(C(OCC(O)CNC(C)(C)Cc2ccc3ccccc3c2)C2CC2)c(OC)c1. The number of nitrogens with one attached hydrogen (secondary N) is 1. The summed E-state index contributed by atoms with van der Waals surface area (Å²) in [5.41, 5.74) is 2.14. The third kappa shape index (κ3) is 6.29. The van der Waals surface area contributed by atoms with Crippen LogP contribution < -0.4 is 14.8 Å². The van der Waals surface area contributed by atoms with E-state index in [1.165, 1.54) is 16.3 Å². The number of aliphatic hydroxyl groups is 1. The molecule has 0 aliphatic heterocycles. The van der Waals surface area contributed by atoms with Crippen LogP contribution in [-0.4, -0.2) is 44.1 Å². The van der Waals surface area contributed by atoms with Gasteiger partial charge >= 0.3 is 0 Å². The van der Waals surface area contributed by atoms with Crippen LogP contribution in [0.1, 0.15) is 43.9 Å². The molecule has 0 spiro atoms. The Morgan fingerprint density at radius 1 is 0.971 bits per heavy atom. The van der Waals surface area contributed by atoms with Crippen LogP contribution in [0, 0.1) is 5.92 Å². The molecule has 4 rings (SSSR count). The Kier molecular flexibility index (Phi) is 7.77. The van der Waals surface area contributed by atoms with E-state index in [-0.39, 0.29) is 18.2 Å². The predicted octanol–water partition coefficient (Wildman–Crippen LogP) is 5.30. The van der Waals surface area contributed by atoms with Gasteiger partial charge in [0.15, 0.2) is 0 Å². The monoisotopic (exact) mass is 463 g/mol. The van der Waals surface area contributed by atoms with Crippen molar-refractivity contribution in [1.29, 1.82) is 0 Å². The fourth-order valence-corrected chi connectivity index (χ4v) is 4.52. The second-order valence-electron chi connectivity index (χ2n) is 9.98. The van der Waals surface area contributed by atoms with Crippen molar-refractivity contribution in [3.8, 4) is 11.5 Å². The van der Waals surface area contributed by atoms with E-state index in [0.29, 0.717) is 12.5 Å². The third-order valence-corrected chi connectivity index (χ3v) is 6.54. The second kappa shape index (κ2) is 10.8. The van der Waals surface area contributed by atoms with Gasteiger partial charge in [-0.05, 0) is 67.5 Å². The van der Waals surface area contributed by atoms with Crippen molar-refractivity contribution in [2.45, 2.75) is 50.9 Å². The van der Waals surface area contributed by atoms with Crippen molar-refractivity contribution in [2.24, 2.45) is 5.92 Å². The molecule has 182 valence electrons. The van der Waals surface area contributed by atoms with E-state index in [9.17, 15) is 5.11 Å². The van der Waals surface area contributed by atoms with Crippen LogP contribution in [0.4, 0.5) is 0 Å². The number of fused-ring (bicyclic) bond motifs is 1. The summed E-state index contributed by atoms with van der Waals surface area (Å²) in [5, 5.41) is 16.7. The van der Waals surface area contributed by atoms with E-state index in [4.69, 9.17) is 14.2 Å². The van der Waals surface area contributed by atoms with Gasteiger partial charge < -0.3 is 24.6 Å². The van der Waals surface area contributed by atoms with E-state index in [1.807, 2.05) is 18.2 Å². The van der Waals surface area contributed by atoms with Gasteiger partial charge in [-0.15, -0.1) is 0 Å². The Hall–Kier alpha value is -2.60. The molecule has 1 fully saturated rings. The number of hydrogen-bond acceptors (Lipinski definition) is 5. The Balaban J connectivity index is 1.32. The van der Waals surface area contributed by atoms with Crippen molar-refractivity contribution in [3.05, 3.63) is 71.8 Å². The maximum absolute atomic E-state index is 10.7. The topological polar surface area (TPSA) is 60.0 Å². The Morgan fingerprint density at radius 3 is 2.44 bits per heavy atom. The lowest BCUT2D eigenvalue weighted by atomic mass is 9.93. The average molecular weight is 464 g/mol. The Bertz CT molecular complexity index is 1090. The normalized spacial score (nSPS) is 15.8. The summed E-state index contributed by atoms with van der Waals surface area (Å²) in [6, 6.07) is 20.9. The quantitative estimate of drug-likeness (QED) is 0.382. The number of hydrogen-bond donors (Lipinski definition) is 2. The molecule has 0 bridgehead atoms. The van der Waals surface area contributed by atoms with Gasteiger partial charge in [-0.2, -0.15) is 0 Å². The smallest absolute Gasteiger partial charge is 0.128 e. The Labute approximate surface area is 203 Å². The summed E-state index contributed by atoms with van der Waals surface area (Å²) >= 11 is 0. The highest BCUT2D eigenvalue weighted by molar-refractivity contribution is 5.83. The molecular weight excluding hydrogens is 426 g/mol. The van der Waals surface area contributed by atoms with Gasteiger partial charge in [-0.1, -0.05) is 42.5 Å². The highest BCUT2D eigenvalue weighted by Gasteiger charge is 2.35. The van der Waals surface area contributed by atoms with Crippen molar-refractivity contribution < 1.29 is 19.3 Å². The van der Waals surface area contributed by atoms with Crippen LogP contribution in [0.3, 0.4) is 0 Å². The number of β-amino-alcohol motifs (C(OH)–C–C–N with tert-alkyl or cyclic N) is 1. The standard InChI is InChI=1S/C29H37NO4/c1-29(2,17-20-9-10-21-7-5-6-8-23(21)15-20)30-18-24(31)19-34-28(22-11-12-22)26-14-13-25(32-3)16-27(26)33-4/h5-10,13-16,22,24,28,30-31H,11-12,17-19H2,1-4H3. The van der Waals surface area contributed by atoms with Crippen LogP contribution in [0.2, 0.25) is 0 Å². The highest BCUT2D eigenvalue weighted by atomic mass is 16.5. The molecule has 34 heavy (non-hydrogen) atoms. The van der Waals surface area contributed by atoms with Gasteiger partial charge in [0.05, 0.1) is 33.0 Å². The fraction of sp³-hybridized carbons (Fsp3) is 0.448. The van der Waals surface area contributed by atoms with Crippen LogP contribution in [-0.2, 0) is 11.2 Å². The molecule has 2 N–H and O–H groups in total. The molecule has 3 aromatic rings. The first kappa shape index (κ1) is 24.5. The first-order valence-corrected chi connectivity index (χ1v) is 12.1. The molecular formula is C29H37NO4. The van der Waals surface area contributed by atoms with Crippen molar-refractivity contribution in [3.63, 3.8) is 0 Å². The minimum Gasteiger partial charge on any atom is -0.497 e. The summed E-state index contributed by atoms with van der Waals surface area (Å²) in [6.07, 6.45) is 2.46. The van der Waals surface area contributed by atoms with Crippen molar-refractivity contribution in [2.75, 3.05) is 27.4 Å². The molecule has 1 saturated carbocycles. The van der Waals surface area contributed by atoms with E-state index >= 15 is 0 Å². The van der Waals surface area contributed by atoms with Gasteiger partial charge in [-0.3, -0.25) is 0 Å².